The molecule has 0 aliphatic heterocycles. The summed E-state index contributed by atoms with van der Waals surface area (Å²) in [6, 6.07) is 0.411. The molecule has 1 saturated carbocycles. The normalized spacial score (nSPS) is 30.3. The van der Waals surface area contributed by atoms with E-state index in [0.717, 1.165) is 25.8 Å². The van der Waals surface area contributed by atoms with Gasteiger partial charge in [0.1, 0.15) is 0 Å². The van der Waals surface area contributed by atoms with Gasteiger partial charge < -0.3 is 10.4 Å². The molecule has 102 valence electrons. The van der Waals surface area contributed by atoms with Gasteiger partial charge in [-0.25, -0.2) is 0 Å². The van der Waals surface area contributed by atoms with Crippen molar-refractivity contribution in [3.05, 3.63) is 0 Å². The molecule has 3 unspecified atom stereocenters. The summed E-state index contributed by atoms with van der Waals surface area (Å²) in [5.41, 5.74) is -0.155. The van der Waals surface area contributed by atoms with Crippen molar-refractivity contribution in [3.63, 3.8) is 0 Å². The zero-order valence-corrected chi connectivity index (χ0v) is 11.9. The van der Waals surface area contributed by atoms with E-state index in [2.05, 4.69) is 37.9 Å². The molecule has 0 heterocycles. The number of hydrogen-bond acceptors (Lipinski definition) is 2. The minimum absolute atomic E-state index is 0.155. The quantitative estimate of drug-likeness (QED) is 0.596. The van der Waals surface area contributed by atoms with E-state index in [4.69, 9.17) is 0 Å². The molecule has 1 fully saturated rings. The fourth-order valence-electron chi connectivity index (χ4n) is 2.97. The van der Waals surface area contributed by atoms with Crippen LogP contribution in [0.4, 0.5) is 0 Å². The summed E-state index contributed by atoms with van der Waals surface area (Å²) in [5.74, 6) is 5.42. The first kappa shape index (κ1) is 15.0. The average Bonchev–Trinajstić information content (AvgIpc) is 2.29. The Morgan fingerprint density at radius 1 is 1.44 bits per heavy atom. The highest BCUT2D eigenvalue weighted by Gasteiger charge is 2.45. The Hall–Kier alpha value is -1.01. The summed E-state index contributed by atoms with van der Waals surface area (Å²) < 4.78 is 0. The molecule has 0 aromatic heterocycles. The highest BCUT2D eigenvalue weighted by Crippen LogP contribution is 2.44. The van der Waals surface area contributed by atoms with Gasteiger partial charge in [-0.15, -0.1) is 11.8 Å². The second-order valence-corrected chi connectivity index (χ2v) is 5.82. The number of carboxylic acids is 1. The van der Waals surface area contributed by atoms with E-state index in [-0.39, 0.29) is 11.3 Å². The number of carboxylic acid groups (broad SMARTS) is 1. The van der Waals surface area contributed by atoms with Gasteiger partial charge in [0, 0.05) is 19.0 Å². The molecule has 3 heteroatoms. The van der Waals surface area contributed by atoms with Crippen LogP contribution in [0.5, 0.6) is 0 Å². The van der Waals surface area contributed by atoms with E-state index in [0.29, 0.717) is 12.0 Å². The molecule has 0 amide bonds. The van der Waals surface area contributed by atoms with Gasteiger partial charge in [0.15, 0.2) is 0 Å². The van der Waals surface area contributed by atoms with Crippen LogP contribution in [0, 0.1) is 29.1 Å². The average molecular weight is 251 g/mol. The molecule has 1 aliphatic rings. The molecule has 0 aromatic rings. The second kappa shape index (κ2) is 6.24. The number of nitrogens with one attached hydrogen (secondary N) is 1. The van der Waals surface area contributed by atoms with Crippen LogP contribution in [0.2, 0.25) is 0 Å². The van der Waals surface area contributed by atoms with Crippen molar-refractivity contribution in [2.45, 2.75) is 53.0 Å². The molecule has 3 nitrogen and oxygen atoms in total. The minimum atomic E-state index is -0.651. The van der Waals surface area contributed by atoms with Crippen molar-refractivity contribution < 1.29 is 9.90 Å². The largest absolute Gasteiger partial charge is 0.481 e. The summed E-state index contributed by atoms with van der Waals surface area (Å²) in [7, 11) is 0. The van der Waals surface area contributed by atoms with Crippen molar-refractivity contribution in [3.8, 4) is 11.8 Å². The van der Waals surface area contributed by atoms with Gasteiger partial charge in [-0.1, -0.05) is 20.8 Å². The Balaban J connectivity index is 2.59. The second-order valence-electron chi connectivity index (χ2n) is 5.82. The molecule has 1 aliphatic carbocycles. The summed E-state index contributed by atoms with van der Waals surface area (Å²) in [5, 5.41) is 12.8. The summed E-state index contributed by atoms with van der Waals surface area (Å²) >= 11 is 0. The molecular weight excluding hydrogens is 226 g/mol. The monoisotopic (exact) mass is 251 g/mol. The van der Waals surface area contributed by atoms with Crippen molar-refractivity contribution in [2.24, 2.45) is 17.3 Å². The molecule has 2 N–H and O–H groups in total. The topological polar surface area (TPSA) is 49.3 Å². The molecule has 3 atom stereocenters. The van der Waals surface area contributed by atoms with E-state index in [1.54, 1.807) is 0 Å². The van der Waals surface area contributed by atoms with Gasteiger partial charge in [0.25, 0.3) is 0 Å². The number of rotatable bonds is 4. The third-order valence-electron chi connectivity index (χ3n) is 4.57. The lowest BCUT2D eigenvalue weighted by Crippen LogP contribution is -2.51. The van der Waals surface area contributed by atoms with Crippen molar-refractivity contribution in [1.82, 2.24) is 5.32 Å². The third kappa shape index (κ3) is 3.26. The van der Waals surface area contributed by atoms with Gasteiger partial charge in [-0.2, -0.15) is 0 Å². The highest BCUT2D eigenvalue weighted by atomic mass is 16.4. The van der Waals surface area contributed by atoms with Gasteiger partial charge in [-0.05, 0) is 31.1 Å². The lowest BCUT2D eigenvalue weighted by Gasteiger charge is -2.46. The number of carbonyl (C=O) groups is 1. The predicted molar refractivity (Wildman–Crippen MR) is 73.2 cm³/mol. The van der Waals surface area contributed by atoms with Crippen LogP contribution < -0.4 is 5.32 Å². The Kier molecular flexibility index (Phi) is 5.22. The zero-order valence-electron chi connectivity index (χ0n) is 11.9. The molecule has 1 rings (SSSR count). The maximum atomic E-state index is 11.3. The molecule has 18 heavy (non-hydrogen) atoms. The van der Waals surface area contributed by atoms with Crippen LogP contribution in [0.1, 0.15) is 47.0 Å². The van der Waals surface area contributed by atoms with Crippen LogP contribution in [-0.4, -0.2) is 23.7 Å². The van der Waals surface area contributed by atoms with Gasteiger partial charge in [0.05, 0.1) is 5.92 Å². The summed E-state index contributed by atoms with van der Waals surface area (Å²) in [6.45, 7) is 9.07. The lowest BCUT2D eigenvalue weighted by molar-refractivity contribution is -0.150. The van der Waals surface area contributed by atoms with Crippen LogP contribution >= 0.6 is 0 Å². The Bertz CT molecular complexity index is 351. The maximum absolute atomic E-state index is 11.3. The molecule has 0 aromatic carbocycles. The Morgan fingerprint density at radius 3 is 2.67 bits per heavy atom. The SMILES string of the molecule is CC#CCCNC1CCC(C(=O)O)C(C)(C)C1C. The predicted octanol–water partition coefficient (Wildman–Crippen LogP) is 2.51. The van der Waals surface area contributed by atoms with Crippen LogP contribution in [0.15, 0.2) is 0 Å². The lowest BCUT2D eigenvalue weighted by atomic mass is 9.61. The Labute approximate surface area is 110 Å². The van der Waals surface area contributed by atoms with Crippen molar-refractivity contribution in [2.75, 3.05) is 6.54 Å². The minimum Gasteiger partial charge on any atom is -0.481 e. The first-order valence-electron chi connectivity index (χ1n) is 6.77. The van der Waals surface area contributed by atoms with E-state index < -0.39 is 5.97 Å². The number of hydrogen-bond donors (Lipinski definition) is 2. The van der Waals surface area contributed by atoms with Crippen LogP contribution in [-0.2, 0) is 4.79 Å². The van der Waals surface area contributed by atoms with E-state index in [9.17, 15) is 9.90 Å². The zero-order chi connectivity index (χ0) is 13.8. The third-order valence-corrected chi connectivity index (χ3v) is 4.57. The van der Waals surface area contributed by atoms with Gasteiger partial charge >= 0.3 is 5.97 Å². The molecule has 0 saturated heterocycles. The molecule has 0 radical (unpaired) electrons. The number of aliphatic carboxylic acids is 1. The van der Waals surface area contributed by atoms with Gasteiger partial charge in [0.2, 0.25) is 0 Å². The standard InChI is InChI=1S/C15H25NO2/c1-5-6-7-10-16-13-9-8-12(14(17)18)15(3,4)11(13)2/h11-13,16H,7-10H2,1-4H3,(H,17,18). The fourth-order valence-corrected chi connectivity index (χ4v) is 2.97. The molecule has 0 bridgehead atoms. The van der Waals surface area contributed by atoms with Crippen LogP contribution in [0.25, 0.3) is 0 Å². The van der Waals surface area contributed by atoms with Gasteiger partial charge in [-0.3, -0.25) is 4.79 Å². The maximum Gasteiger partial charge on any atom is 0.307 e. The Morgan fingerprint density at radius 2 is 2.11 bits per heavy atom. The van der Waals surface area contributed by atoms with E-state index >= 15 is 0 Å². The van der Waals surface area contributed by atoms with Crippen molar-refractivity contribution in [1.29, 1.82) is 0 Å². The van der Waals surface area contributed by atoms with Crippen molar-refractivity contribution >= 4 is 5.97 Å². The first-order chi connectivity index (χ1) is 8.41. The fraction of sp³-hybridized carbons (Fsp3) is 0.800. The molecular formula is C15H25NO2. The van der Waals surface area contributed by atoms with E-state index in [1.807, 2.05) is 6.92 Å². The van der Waals surface area contributed by atoms with E-state index in [1.165, 1.54) is 0 Å². The first-order valence-corrected chi connectivity index (χ1v) is 6.77. The summed E-state index contributed by atoms with van der Waals surface area (Å²) in [4.78, 5) is 11.3. The highest BCUT2D eigenvalue weighted by molar-refractivity contribution is 5.71. The van der Waals surface area contributed by atoms with Crippen LogP contribution in [0.3, 0.4) is 0 Å². The smallest absolute Gasteiger partial charge is 0.307 e. The molecule has 0 spiro atoms. The summed E-state index contributed by atoms with van der Waals surface area (Å²) in [6.07, 6.45) is 2.58.